The molecule has 0 radical (unpaired) electrons. The summed E-state index contributed by atoms with van der Waals surface area (Å²) in [5, 5.41) is 6.07. The molecule has 2 rings (SSSR count). The van der Waals surface area contributed by atoms with Gasteiger partial charge in [0.2, 0.25) is 0 Å². The SMILES string of the molecule is CCNC(=NCc1cc(F)ccc1F)NCC1CCS(=O)(=O)C1. The van der Waals surface area contributed by atoms with Gasteiger partial charge in [0.05, 0.1) is 18.1 Å². The molecule has 0 aromatic heterocycles. The highest BCUT2D eigenvalue weighted by Crippen LogP contribution is 2.17. The fraction of sp³-hybridized carbons (Fsp3) is 0.533. The quantitative estimate of drug-likeness (QED) is 0.626. The maximum Gasteiger partial charge on any atom is 0.191 e. The third-order valence-corrected chi connectivity index (χ3v) is 5.48. The molecular weight excluding hydrogens is 324 g/mol. The number of rotatable bonds is 5. The fourth-order valence-corrected chi connectivity index (χ4v) is 4.31. The topological polar surface area (TPSA) is 70.6 Å². The van der Waals surface area contributed by atoms with Crippen LogP contribution >= 0.6 is 0 Å². The summed E-state index contributed by atoms with van der Waals surface area (Å²) in [4.78, 5) is 4.22. The Morgan fingerprint density at radius 2 is 2.13 bits per heavy atom. The lowest BCUT2D eigenvalue weighted by molar-refractivity contribution is 0.566. The summed E-state index contributed by atoms with van der Waals surface area (Å²) in [6.45, 7) is 2.99. The Hall–Kier alpha value is -1.70. The molecule has 0 spiro atoms. The molecule has 1 saturated heterocycles. The van der Waals surface area contributed by atoms with E-state index >= 15 is 0 Å². The third-order valence-electron chi connectivity index (χ3n) is 3.64. The molecule has 5 nitrogen and oxygen atoms in total. The number of benzene rings is 1. The number of hydrogen-bond donors (Lipinski definition) is 2. The van der Waals surface area contributed by atoms with Gasteiger partial charge in [-0.05, 0) is 37.5 Å². The highest BCUT2D eigenvalue weighted by atomic mass is 32.2. The number of sulfone groups is 1. The molecule has 0 saturated carbocycles. The summed E-state index contributed by atoms with van der Waals surface area (Å²) in [6, 6.07) is 3.25. The van der Waals surface area contributed by atoms with Crippen LogP contribution in [0.4, 0.5) is 8.78 Å². The highest BCUT2D eigenvalue weighted by Gasteiger charge is 2.27. The molecule has 23 heavy (non-hydrogen) atoms. The van der Waals surface area contributed by atoms with Crippen molar-refractivity contribution in [3.63, 3.8) is 0 Å². The number of aliphatic imine (C=N–C) groups is 1. The Labute approximate surface area is 135 Å². The van der Waals surface area contributed by atoms with Crippen LogP contribution < -0.4 is 10.6 Å². The zero-order valence-electron chi connectivity index (χ0n) is 13.0. The van der Waals surface area contributed by atoms with E-state index in [2.05, 4.69) is 15.6 Å². The van der Waals surface area contributed by atoms with Crippen molar-refractivity contribution in [1.82, 2.24) is 10.6 Å². The molecule has 8 heteroatoms. The summed E-state index contributed by atoms with van der Waals surface area (Å²) in [7, 11) is -2.91. The van der Waals surface area contributed by atoms with Crippen molar-refractivity contribution in [2.75, 3.05) is 24.6 Å². The van der Waals surface area contributed by atoms with Gasteiger partial charge in [-0.2, -0.15) is 0 Å². The number of halogens is 2. The van der Waals surface area contributed by atoms with Crippen molar-refractivity contribution in [2.45, 2.75) is 19.9 Å². The molecule has 0 bridgehead atoms. The first-order valence-corrected chi connectivity index (χ1v) is 9.38. The van der Waals surface area contributed by atoms with E-state index in [1.165, 1.54) is 0 Å². The van der Waals surface area contributed by atoms with Crippen LogP contribution in [0.2, 0.25) is 0 Å². The van der Waals surface area contributed by atoms with Gasteiger partial charge in [0, 0.05) is 18.7 Å². The minimum atomic E-state index is -2.91. The Morgan fingerprint density at radius 1 is 1.35 bits per heavy atom. The van der Waals surface area contributed by atoms with Crippen molar-refractivity contribution >= 4 is 15.8 Å². The first-order valence-electron chi connectivity index (χ1n) is 7.56. The summed E-state index contributed by atoms with van der Waals surface area (Å²) < 4.78 is 49.6. The molecule has 1 aromatic rings. The first-order chi connectivity index (χ1) is 10.9. The maximum absolute atomic E-state index is 13.6. The third kappa shape index (κ3) is 5.46. The van der Waals surface area contributed by atoms with E-state index in [9.17, 15) is 17.2 Å². The minimum Gasteiger partial charge on any atom is -0.357 e. The van der Waals surface area contributed by atoms with Crippen LogP contribution in [-0.2, 0) is 16.4 Å². The Kier molecular flexibility index (Phi) is 5.92. The largest absolute Gasteiger partial charge is 0.357 e. The molecule has 1 atom stereocenters. The van der Waals surface area contributed by atoms with Gasteiger partial charge in [-0.15, -0.1) is 0 Å². The summed E-state index contributed by atoms with van der Waals surface area (Å²) in [5.74, 6) is -0.103. The van der Waals surface area contributed by atoms with E-state index < -0.39 is 21.5 Å². The zero-order valence-corrected chi connectivity index (χ0v) is 13.8. The molecule has 2 N–H and O–H groups in total. The van der Waals surface area contributed by atoms with E-state index in [-0.39, 0.29) is 29.5 Å². The van der Waals surface area contributed by atoms with Gasteiger partial charge in [0.15, 0.2) is 15.8 Å². The molecule has 1 fully saturated rings. The van der Waals surface area contributed by atoms with Gasteiger partial charge in [-0.3, -0.25) is 0 Å². The van der Waals surface area contributed by atoms with Gasteiger partial charge < -0.3 is 10.6 Å². The van der Waals surface area contributed by atoms with Gasteiger partial charge in [-0.25, -0.2) is 22.2 Å². The van der Waals surface area contributed by atoms with Crippen molar-refractivity contribution < 1.29 is 17.2 Å². The van der Waals surface area contributed by atoms with Crippen molar-refractivity contribution in [3.8, 4) is 0 Å². The van der Waals surface area contributed by atoms with Crippen LogP contribution in [0.1, 0.15) is 18.9 Å². The highest BCUT2D eigenvalue weighted by molar-refractivity contribution is 7.91. The molecule has 1 aliphatic heterocycles. The fourth-order valence-electron chi connectivity index (χ4n) is 2.44. The maximum atomic E-state index is 13.6. The van der Waals surface area contributed by atoms with Crippen LogP contribution in [0.5, 0.6) is 0 Å². The Balaban J connectivity index is 1.96. The van der Waals surface area contributed by atoms with Crippen LogP contribution in [0.3, 0.4) is 0 Å². The molecule has 1 aliphatic rings. The van der Waals surface area contributed by atoms with Crippen molar-refractivity contribution in [1.29, 1.82) is 0 Å². The lowest BCUT2D eigenvalue weighted by atomic mass is 10.1. The molecule has 0 amide bonds. The summed E-state index contributed by atoms with van der Waals surface area (Å²) >= 11 is 0. The average Bonchev–Trinajstić information content (AvgIpc) is 2.84. The predicted octanol–water partition coefficient (Wildman–Crippen LogP) is 1.45. The van der Waals surface area contributed by atoms with Crippen LogP contribution in [-0.4, -0.2) is 39.0 Å². The summed E-state index contributed by atoms with van der Waals surface area (Å²) in [6.07, 6.45) is 0.632. The van der Waals surface area contributed by atoms with E-state index in [4.69, 9.17) is 0 Å². The predicted molar refractivity (Wildman–Crippen MR) is 85.9 cm³/mol. The second-order valence-corrected chi connectivity index (χ2v) is 7.81. The number of hydrogen-bond acceptors (Lipinski definition) is 3. The number of nitrogens with zero attached hydrogens (tertiary/aromatic N) is 1. The molecule has 1 aromatic carbocycles. The lowest BCUT2D eigenvalue weighted by Crippen LogP contribution is -2.40. The molecule has 1 unspecified atom stereocenters. The molecule has 0 aliphatic carbocycles. The van der Waals surface area contributed by atoms with E-state index in [1.54, 1.807) is 0 Å². The van der Waals surface area contributed by atoms with Gasteiger partial charge in [-0.1, -0.05) is 0 Å². The average molecular weight is 345 g/mol. The second-order valence-electron chi connectivity index (χ2n) is 5.58. The van der Waals surface area contributed by atoms with E-state index in [1.807, 2.05) is 6.92 Å². The Morgan fingerprint density at radius 3 is 2.78 bits per heavy atom. The molecule has 128 valence electrons. The van der Waals surface area contributed by atoms with E-state index in [0.29, 0.717) is 25.5 Å². The van der Waals surface area contributed by atoms with E-state index in [0.717, 1.165) is 18.2 Å². The lowest BCUT2D eigenvalue weighted by Gasteiger charge is -2.14. The number of guanidine groups is 1. The van der Waals surface area contributed by atoms with Crippen molar-refractivity contribution in [3.05, 3.63) is 35.4 Å². The molecular formula is C15H21F2N3O2S. The smallest absolute Gasteiger partial charge is 0.191 e. The van der Waals surface area contributed by atoms with Gasteiger partial charge in [0.25, 0.3) is 0 Å². The Bertz CT molecular complexity index is 677. The second kappa shape index (κ2) is 7.72. The number of nitrogens with one attached hydrogen (secondary N) is 2. The zero-order chi connectivity index (χ0) is 16.9. The van der Waals surface area contributed by atoms with Crippen LogP contribution in [0.25, 0.3) is 0 Å². The molecule has 1 heterocycles. The normalized spacial score (nSPS) is 20.5. The van der Waals surface area contributed by atoms with Gasteiger partial charge >= 0.3 is 0 Å². The van der Waals surface area contributed by atoms with Crippen LogP contribution in [0, 0.1) is 17.6 Å². The first kappa shape index (κ1) is 17.7. The van der Waals surface area contributed by atoms with Crippen LogP contribution in [0.15, 0.2) is 23.2 Å². The van der Waals surface area contributed by atoms with Gasteiger partial charge in [0.1, 0.15) is 11.6 Å². The standard InChI is InChI=1S/C15H21F2N3O2S/c1-2-18-15(19-8-11-5-6-23(21,22)10-11)20-9-12-7-13(16)3-4-14(12)17/h3-4,7,11H,2,5-6,8-10H2,1H3,(H2,18,19,20). The minimum absolute atomic E-state index is 0.00188. The summed E-state index contributed by atoms with van der Waals surface area (Å²) in [5.41, 5.74) is 0.172. The van der Waals surface area contributed by atoms with Crippen molar-refractivity contribution in [2.24, 2.45) is 10.9 Å². The monoisotopic (exact) mass is 345 g/mol.